The number of H-pyrrole nitrogens is 1. The van der Waals surface area contributed by atoms with Crippen LogP contribution in [0.25, 0.3) is 11.0 Å². The SMILES string of the molecule is CCOc1cc(CNCc2nc3ccccc3[nH]2)cc(Cl)c1OCc1ccc(C)cc1. The minimum absolute atomic E-state index is 0.434. The molecule has 0 atom stereocenters. The first-order valence-electron chi connectivity index (χ1n) is 10.4. The second-order valence-corrected chi connectivity index (χ2v) is 7.82. The van der Waals surface area contributed by atoms with E-state index in [0.717, 1.165) is 28.0 Å². The summed E-state index contributed by atoms with van der Waals surface area (Å²) in [4.78, 5) is 7.92. The highest BCUT2D eigenvalue weighted by Gasteiger charge is 2.13. The molecule has 0 saturated carbocycles. The number of nitrogens with zero attached hydrogens (tertiary/aromatic N) is 1. The number of benzene rings is 3. The molecule has 0 saturated heterocycles. The van der Waals surface area contributed by atoms with Crippen molar-refractivity contribution >= 4 is 22.6 Å². The van der Waals surface area contributed by atoms with Crippen LogP contribution < -0.4 is 14.8 Å². The Kier molecular flexibility index (Phi) is 6.75. The van der Waals surface area contributed by atoms with Gasteiger partial charge in [0.15, 0.2) is 11.5 Å². The lowest BCUT2D eigenvalue weighted by molar-refractivity contribution is 0.269. The van der Waals surface area contributed by atoms with Gasteiger partial charge in [-0.05, 0) is 49.2 Å². The summed E-state index contributed by atoms with van der Waals surface area (Å²) >= 11 is 6.56. The highest BCUT2D eigenvalue weighted by molar-refractivity contribution is 6.32. The van der Waals surface area contributed by atoms with E-state index in [1.54, 1.807) is 0 Å². The van der Waals surface area contributed by atoms with Crippen molar-refractivity contribution in [2.24, 2.45) is 0 Å². The first kappa shape index (κ1) is 21.2. The van der Waals surface area contributed by atoms with Crippen LogP contribution in [-0.4, -0.2) is 16.6 Å². The average Bonchev–Trinajstić information content (AvgIpc) is 3.17. The molecule has 4 aromatic rings. The van der Waals surface area contributed by atoms with E-state index in [4.69, 9.17) is 21.1 Å². The van der Waals surface area contributed by atoms with E-state index in [2.05, 4.69) is 46.5 Å². The largest absolute Gasteiger partial charge is 0.490 e. The molecule has 0 aliphatic carbocycles. The number of aryl methyl sites for hydroxylation is 1. The number of para-hydroxylation sites is 2. The summed E-state index contributed by atoms with van der Waals surface area (Å²) in [5.41, 5.74) is 5.33. The van der Waals surface area contributed by atoms with Crippen LogP contribution in [0.2, 0.25) is 5.02 Å². The van der Waals surface area contributed by atoms with Crippen LogP contribution >= 0.6 is 11.6 Å². The topological polar surface area (TPSA) is 59.2 Å². The fourth-order valence-electron chi connectivity index (χ4n) is 3.38. The van der Waals surface area contributed by atoms with Gasteiger partial charge in [-0.3, -0.25) is 0 Å². The number of imidazole rings is 1. The van der Waals surface area contributed by atoms with Gasteiger partial charge in [-0.1, -0.05) is 53.6 Å². The van der Waals surface area contributed by atoms with Gasteiger partial charge in [0.2, 0.25) is 0 Å². The number of aromatic amines is 1. The third-order valence-electron chi connectivity index (χ3n) is 4.93. The molecule has 160 valence electrons. The average molecular weight is 436 g/mol. The van der Waals surface area contributed by atoms with Crippen molar-refractivity contribution in [2.45, 2.75) is 33.5 Å². The predicted molar refractivity (Wildman–Crippen MR) is 125 cm³/mol. The van der Waals surface area contributed by atoms with Crippen LogP contribution in [0.5, 0.6) is 11.5 Å². The Morgan fingerprint density at radius 3 is 2.55 bits per heavy atom. The lowest BCUT2D eigenvalue weighted by Gasteiger charge is -2.16. The highest BCUT2D eigenvalue weighted by atomic mass is 35.5. The number of fused-ring (bicyclic) bond motifs is 1. The number of hydrogen-bond donors (Lipinski definition) is 2. The summed E-state index contributed by atoms with van der Waals surface area (Å²) in [5, 5.41) is 3.95. The van der Waals surface area contributed by atoms with Crippen LogP contribution in [0.3, 0.4) is 0 Å². The zero-order valence-corrected chi connectivity index (χ0v) is 18.5. The fraction of sp³-hybridized carbons (Fsp3) is 0.240. The molecule has 0 bridgehead atoms. The first-order valence-corrected chi connectivity index (χ1v) is 10.8. The molecule has 2 N–H and O–H groups in total. The van der Waals surface area contributed by atoms with Crippen LogP contribution in [0, 0.1) is 6.92 Å². The van der Waals surface area contributed by atoms with Crippen LogP contribution in [0.15, 0.2) is 60.7 Å². The number of ether oxygens (including phenoxy) is 2. The Labute approximate surface area is 187 Å². The van der Waals surface area contributed by atoms with Gasteiger partial charge in [0.05, 0.1) is 29.2 Å². The molecule has 31 heavy (non-hydrogen) atoms. The Morgan fingerprint density at radius 2 is 1.77 bits per heavy atom. The summed E-state index contributed by atoms with van der Waals surface area (Å²) in [5.74, 6) is 2.13. The van der Waals surface area contributed by atoms with E-state index in [0.29, 0.717) is 42.8 Å². The standard InChI is InChI=1S/C25H26ClN3O2/c1-3-30-23-13-19(14-27-15-24-28-21-6-4-5-7-22(21)29-24)12-20(26)25(23)31-16-18-10-8-17(2)9-11-18/h4-13,27H,3,14-16H2,1-2H3,(H,28,29). The third-order valence-corrected chi connectivity index (χ3v) is 5.21. The maximum absolute atomic E-state index is 6.56. The fourth-order valence-corrected chi connectivity index (χ4v) is 3.67. The maximum Gasteiger partial charge on any atom is 0.180 e. The van der Waals surface area contributed by atoms with Gasteiger partial charge in [0, 0.05) is 6.54 Å². The number of nitrogens with one attached hydrogen (secondary N) is 2. The van der Waals surface area contributed by atoms with Crippen LogP contribution in [-0.2, 0) is 19.7 Å². The van der Waals surface area contributed by atoms with Gasteiger partial charge in [-0.15, -0.1) is 0 Å². The van der Waals surface area contributed by atoms with E-state index in [1.165, 1.54) is 5.56 Å². The predicted octanol–water partition coefficient (Wildman–Crippen LogP) is 5.79. The summed E-state index contributed by atoms with van der Waals surface area (Å²) in [6.45, 7) is 6.24. The van der Waals surface area contributed by atoms with E-state index in [-0.39, 0.29) is 0 Å². The lowest BCUT2D eigenvalue weighted by atomic mass is 10.1. The van der Waals surface area contributed by atoms with Crippen molar-refractivity contribution in [3.8, 4) is 11.5 Å². The van der Waals surface area contributed by atoms with Gasteiger partial charge in [-0.25, -0.2) is 4.98 Å². The second kappa shape index (κ2) is 9.86. The van der Waals surface area contributed by atoms with Crippen molar-refractivity contribution < 1.29 is 9.47 Å². The third kappa shape index (κ3) is 5.37. The summed E-state index contributed by atoms with van der Waals surface area (Å²) in [6, 6.07) is 20.2. The molecule has 0 radical (unpaired) electrons. The normalized spacial score (nSPS) is 11.1. The number of rotatable bonds is 9. The van der Waals surface area contributed by atoms with Gasteiger partial charge < -0.3 is 19.8 Å². The Balaban J connectivity index is 1.42. The van der Waals surface area contributed by atoms with Gasteiger partial charge in [0.1, 0.15) is 12.4 Å². The molecule has 0 aliphatic rings. The Morgan fingerprint density at radius 1 is 0.968 bits per heavy atom. The zero-order valence-electron chi connectivity index (χ0n) is 17.7. The quantitative estimate of drug-likeness (QED) is 0.349. The molecule has 3 aromatic carbocycles. The summed E-state index contributed by atoms with van der Waals surface area (Å²) in [6.07, 6.45) is 0. The molecule has 0 unspecified atom stereocenters. The van der Waals surface area contributed by atoms with E-state index in [1.807, 2.05) is 43.3 Å². The second-order valence-electron chi connectivity index (χ2n) is 7.42. The van der Waals surface area contributed by atoms with E-state index in [9.17, 15) is 0 Å². The van der Waals surface area contributed by atoms with Crippen molar-refractivity contribution in [3.05, 3.63) is 88.2 Å². The molecule has 6 heteroatoms. The summed E-state index contributed by atoms with van der Waals surface area (Å²) in [7, 11) is 0. The Bertz CT molecular complexity index is 1120. The molecule has 0 aliphatic heterocycles. The molecule has 1 aromatic heterocycles. The lowest BCUT2D eigenvalue weighted by Crippen LogP contribution is -2.14. The Hall–Kier alpha value is -3.02. The molecule has 1 heterocycles. The van der Waals surface area contributed by atoms with Crippen LogP contribution in [0.1, 0.15) is 29.4 Å². The molecule has 5 nitrogen and oxygen atoms in total. The van der Waals surface area contributed by atoms with Crippen molar-refractivity contribution in [2.75, 3.05) is 6.61 Å². The molecule has 0 fully saturated rings. The smallest absolute Gasteiger partial charge is 0.180 e. The zero-order chi connectivity index (χ0) is 21.6. The molecule has 0 amide bonds. The molecule has 0 spiro atoms. The highest BCUT2D eigenvalue weighted by Crippen LogP contribution is 2.37. The number of halogens is 1. The van der Waals surface area contributed by atoms with Gasteiger partial charge >= 0.3 is 0 Å². The van der Waals surface area contributed by atoms with Gasteiger partial charge in [0.25, 0.3) is 0 Å². The van der Waals surface area contributed by atoms with E-state index >= 15 is 0 Å². The summed E-state index contributed by atoms with van der Waals surface area (Å²) < 4.78 is 11.8. The van der Waals surface area contributed by atoms with Crippen molar-refractivity contribution in [1.29, 1.82) is 0 Å². The van der Waals surface area contributed by atoms with Crippen LogP contribution in [0.4, 0.5) is 0 Å². The van der Waals surface area contributed by atoms with E-state index < -0.39 is 0 Å². The van der Waals surface area contributed by atoms with Crippen molar-refractivity contribution in [1.82, 2.24) is 15.3 Å². The number of aromatic nitrogens is 2. The van der Waals surface area contributed by atoms with Crippen molar-refractivity contribution in [3.63, 3.8) is 0 Å². The maximum atomic E-state index is 6.56. The molecular formula is C25H26ClN3O2. The number of hydrogen-bond acceptors (Lipinski definition) is 4. The van der Waals surface area contributed by atoms with Gasteiger partial charge in [-0.2, -0.15) is 0 Å². The first-order chi connectivity index (χ1) is 15.1. The molecular weight excluding hydrogens is 410 g/mol. The monoisotopic (exact) mass is 435 g/mol. The molecule has 4 rings (SSSR count). The minimum atomic E-state index is 0.434. The minimum Gasteiger partial charge on any atom is -0.490 e.